The van der Waals surface area contributed by atoms with Crippen LogP contribution in [0.1, 0.15) is 25.1 Å². The van der Waals surface area contributed by atoms with E-state index in [1.807, 2.05) is 6.07 Å². The highest BCUT2D eigenvalue weighted by atomic mass is 15.0. The fourth-order valence-corrected chi connectivity index (χ4v) is 2.96. The van der Waals surface area contributed by atoms with Gasteiger partial charge in [0.2, 0.25) is 0 Å². The second-order valence-corrected chi connectivity index (χ2v) is 6.33. The fourth-order valence-electron chi connectivity index (χ4n) is 2.96. The first kappa shape index (κ1) is 13.7. The van der Waals surface area contributed by atoms with Crippen molar-refractivity contribution in [2.45, 2.75) is 32.7 Å². The van der Waals surface area contributed by atoms with E-state index in [1.54, 1.807) is 0 Å². The molecule has 2 heteroatoms. The Hall–Kier alpha value is -2.22. The maximum absolute atomic E-state index is 3.63. The lowest BCUT2D eigenvalue weighted by Gasteiger charge is -2.28. The van der Waals surface area contributed by atoms with Gasteiger partial charge in [0.15, 0.2) is 0 Å². The van der Waals surface area contributed by atoms with Crippen molar-refractivity contribution in [3.8, 4) is 0 Å². The fraction of sp³-hybridized carbons (Fsp3) is 0.263. The minimum absolute atomic E-state index is 0.00290. The van der Waals surface area contributed by atoms with Crippen LogP contribution in [0.25, 0.3) is 10.9 Å². The number of hydrogen-bond donors (Lipinski definition) is 2. The normalized spacial score (nSPS) is 11.8. The number of benzene rings is 2. The van der Waals surface area contributed by atoms with Crippen LogP contribution in [0, 0.1) is 6.92 Å². The van der Waals surface area contributed by atoms with Crippen LogP contribution in [0.5, 0.6) is 0 Å². The summed E-state index contributed by atoms with van der Waals surface area (Å²) in [4.78, 5) is 3.49. The molecule has 0 radical (unpaired) electrons. The summed E-state index contributed by atoms with van der Waals surface area (Å²) >= 11 is 0. The van der Waals surface area contributed by atoms with E-state index in [1.165, 1.54) is 27.8 Å². The molecule has 1 aromatic heterocycles. The van der Waals surface area contributed by atoms with E-state index < -0.39 is 0 Å². The van der Waals surface area contributed by atoms with Gasteiger partial charge in [-0.05, 0) is 51.0 Å². The quantitative estimate of drug-likeness (QED) is 0.697. The Morgan fingerprint density at radius 1 is 0.952 bits per heavy atom. The number of nitrogens with one attached hydrogen (secondary N) is 2. The van der Waals surface area contributed by atoms with Crippen molar-refractivity contribution < 1.29 is 0 Å². The first-order chi connectivity index (χ1) is 10.1. The Morgan fingerprint density at radius 3 is 2.38 bits per heavy atom. The molecule has 0 aliphatic carbocycles. The summed E-state index contributed by atoms with van der Waals surface area (Å²) < 4.78 is 0. The number of hydrogen-bond acceptors (Lipinski definition) is 1. The monoisotopic (exact) mass is 278 g/mol. The molecule has 3 rings (SSSR count). The molecule has 0 fully saturated rings. The van der Waals surface area contributed by atoms with Crippen molar-refractivity contribution in [3.05, 3.63) is 65.9 Å². The Labute approximate surface area is 126 Å². The summed E-state index contributed by atoms with van der Waals surface area (Å²) in [5, 5.41) is 4.97. The number of aromatic amines is 1. The largest absolute Gasteiger partial charge is 0.380 e. The molecule has 0 bridgehead atoms. The number of aromatic nitrogens is 1. The van der Waals surface area contributed by atoms with Crippen molar-refractivity contribution >= 4 is 16.6 Å². The van der Waals surface area contributed by atoms with Gasteiger partial charge in [-0.15, -0.1) is 0 Å². The van der Waals surface area contributed by atoms with E-state index in [9.17, 15) is 0 Å². The molecular formula is C19H22N2. The molecule has 2 N–H and O–H groups in total. The summed E-state index contributed by atoms with van der Waals surface area (Å²) in [6.45, 7) is 6.66. The zero-order valence-corrected chi connectivity index (χ0v) is 12.9. The maximum atomic E-state index is 3.63. The van der Waals surface area contributed by atoms with E-state index >= 15 is 0 Å². The summed E-state index contributed by atoms with van der Waals surface area (Å²) in [5.74, 6) is 0. The molecule has 1 heterocycles. The third-order valence-corrected chi connectivity index (χ3v) is 3.90. The second-order valence-electron chi connectivity index (χ2n) is 6.33. The third kappa shape index (κ3) is 2.94. The average molecular weight is 278 g/mol. The van der Waals surface area contributed by atoms with Crippen LogP contribution in [-0.2, 0) is 6.42 Å². The highest BCUT2D eigenvalue weighted by Crippen LogP contribution is 2.27. The highest BCUT2D eigenvalue weighted by Gasteiger charge is 2.21. The number of rotatable bonds is 4. The lowest BCUT2D eigenvalue weighted by molar-refractivity contribution is 0.564. The molecule has 0 unspecified atom stereocenters. The zero-order valence-electron chi connectivity index (χ0n) is 12.9. The molecule has 0 saturated heterocycles. The van der Waals surface area contributed by atoms with Gasteiger partial charge in [-0.1, -0.05) is 36.4 Å². The molecule has 2 nitrogen and oxygen atoms in total. The maximum Gasteiger partial charge on any atom is 0.0458 e. The number of H-pyrrole nitrogens is 1. The molecule has 0 aliphatic rings. The van der Waals surface area contributed by atoms with Gasteiger partial charge in [0.25, 0.3) is 0 Å². The van der Waals surface area contributed by atoms with Crippen LogP contribution in [0.2, 0.25) is 0 Å². The van der Waals surface area contributed by atoms with Crippen LogP contribution in [0.3, 0.4) is 0 Å². The average Bonchev–Trinajstić information content (AvgIpc) is 2.75. The van der Waals surface area contributed by atoms with Gasteiger partial charge in [-0.2, -0.15) is 0 Å². The number of para-hydroxylation sites is 2. The van der Waals surface area contributed by atoms with Crippen molar-refractivity contribution in [1.29, 1.82) is 0 Å². The number of anilines is 1. The highest BCUT2D eigenvalue weighted by molar-refractivity contribution is 5.84. The van der Waals surface area contributed by atoms with E-state index in [4.69, 9.17) is 0 Å². The van der Waals surface area contributed by atoms with Crippen molar-refractivity contribution in [2.75, 3.05) is 5.32 Å². The first-order valence-electron chi connectivity index (χ1n) is 7.45. The van der Waals surface area contributed by atoms with Gasteiger partial charge in [-0.25, -0.2) is 0 Å². The summed E-state index contributed by atoms with van der Waals surface area (Å²) in [7, 11) is 0. The van der Waals surface area contributed by atoms with Crippen LogP contribution in [0.15, 0.2) is 54.6 Å². The molecule has 3 aromatic rings. The van der Waals surface area contributed by atoms with Gasteiger partial charge in [0, 0.05) is 27.8 Å². The molecule has 0 aliphatic heterocycles. The second kappa shape index (κ2) is 5.28. The predicted molar refractivity (Wildman–Crippen MR) is 90.9 cm³/mol. The van der Waals surface area contributed by atoms with Crippen molar-refractivity contribution in [3.63, 3.8) is 0 Å². The summed E-state index contributed by atoms with van der Waals surface area (Å²) in [5.41, 5.74) is 5.05. The van der Waals surface area contributed by atoms with Crippen LogP contribution >= 0.6 is 0 Å². The van der Waals surface area contributed by atoms with E-state index in [-0.39, 0.29) is 5.54 Å². The van der Waals surface area contributed by atoms with Gasteiger partial charge < -0.3 is 10.3 Å². The third-order valence-electron chi connectivity index (χ3n) is 3.90. The van der Waals surface area contributed by atoms with E-state index in [0.29, 0.717) is 0 Å². The lowest BCUT2D eigenvalue weighted by Crippen LogP contribution is -2.33. The minimum Gasteiger partial charge on any atom is -0.380 e. The van der Waals surface area contributed by atoms with Crippen molar-refractivity contribution in [2.24, 2.45) is 0 Å². The number of aryl methyl sites for hydroxylation is 1. The molecule has 0 atom stereocenters. The SMILES string of the molecule is Cc1[nH]c2ccccc2c1CC(C)(C)Nc1ccccc1. The van der Waals surface area contributed by atoms with Gasteiger partial charge in [0.05, 0.1) is 0 Å². The van der Waals surface area contributed by atoms with Crippen LogP contribution < -0.4 is 5.32 Å². The molecule has 21 heavy (non-hydrogen) atoms. The first-order valence-corrected chi connectivity index (χ1v) is 7.45. The topological polar surface area (TPSA) is 27.8 Å². The summed E-state index contributed by atoms with van der Waals surface area (Å²) in [6, 6.07) is 18.9. The standard InChI is InChI=1S/C19H22N2/c1-14-17(16-11-7-8-12-18(16)20-14)13-19(2,3)21-15-9-5-4-6-10-15/h4-12,20-21H,13H2,1-3H3. The predicted octanol–water partition coefficient (Wildman–Crippen LogP) is 4.91. The van der Waals surface area contributed by atoms with Crippen LogP contribution in [-0.4, -0.2) is 10.5 Å². The van der Waals surface area contributed by atoms with Gasteiger partial charge in [0.1, 0.15) is 0 Å². The molecule has 108 valence electrons. The lowest BCUT2D eigenvalue weighted by atomic mass is 9.92. The Balaban J connectivity index is 1.88. The molecule has 0 amide bonds. The number of fused-ring (bicyclic) bond motifs is 1. The zero-order chi connectivity index (χ0) is 14.9. The molecule has 0 spiro atoms. The minimum atomic E-state index is -0.00290. The molecular weight excluding hydrogens is 256 g/mol. The van der Waals surface area contributed by atoms with Crippen molar-refractivity contribution in [1.82, 2.24) is 4.98 Å². The van der Waals surface area contributed by atoms with Gasteiger partial charge in [-0.3, -0.25) is 0 Å². The van der Waals surface area contributed by atoms with Gasteiger partial charge >= 0.3 is 0 Å². The molecule has 0 saturated carbocycles. The Kier molecular flexibility index (Phi) is 3.46. The Morgan fingerprint density at radius 2 is 1.62 bits per heavy atom. The smallest absolute Gasteiger partial charge is 0.0458 e. The molecule has 2 aromatic carbocycles. The van der Waals surface area contributed by atoms with Crippen LogP contribution in [0.4, 0.5) is 5.69 Å². The Bertz CT molecular complexity index is 739. The van der Waals surface area contributed by atoms with E-state index in [2.05, 4.69) is 79.6 Å². The van der Waals surface area contributed by atoms with E-state index in [0.717, 1.165) is 6.42 Å². The summed E-state index contributed by atoms with van der Waals surface area (Å²) in [6.07, 6.45) is 0.984.